The molecule has 108 valence electrons. The summed E-state index contributed by atoms with van der Waals surface area (Å²) in [7, 11) is 3.36. The lowest BCUT2D eigenvalue weighted by Crippen LogP contribution is -2.36. The van der Waals surface area contributed by atoms with Crippen molar-refractivity contribution in [2.24, 2.45) is 0 Å². The summed E-state index contributed by atoms with van der Waals surface area (Å²) >= 11 is 5.23. The van der Waals surface area contributed by atoms with E-state index in [-0.39, 0.29) is 11.8 Å². The van der Waals surface area contributed by atoms with Crippen molar-refractivity contribution in [3.8, 4) is 0 Å². The number of nitrogens with zero attached hydrogens (tertiary/aromatic N) is 2. The minimum absolute atomic E-state index is 0.154. The number of nitrogens with one attached hydrogen (secondary N) is 2. The molecule has 1 aromatic carbocycles. The monoisotopic (exact) mass is 296 g/mol. The maximum Gasteiger partial charge on any atom is 0.316 e. The number of halogens is 1. The van der Waals surface area contributed by atoms with E-state index in [4.69, 9.17) is 12.2 Å². The summed E-state index contributed by atoms with van der Waals surface area (Å²) in [6, 6.07) is 3.04. The van der Waals surface area contributed by atoms with Crippen molar-refractivity contribution in [3.63, 3.8) is 0 Å². The van der Waals surface area contributed by atoms with Crippen LogP contribution in [-0.4, -0.2) is 41.1 Å². The lowest BCUT2D eigenvalue weighted by molar-refractivity contribution is 0.217. The summed E-state index contributed by atoms with van der Waals surface area (Å²) in [5.41, 5.74) is 2.07. The van der Waals surface area contributed by atoms with Gasteiger partial charge in [-0.15, -0.1) is 0 Å². The number of aromatic nitrogens is 2. The number of carbonyl (C=O) groups excluding carboxylic acids is 1. The Hall–Kier alpha value is -1.89. The molecule has 20 heavy (non-hydrogen) atoms. The molecule has 0 spiro atoms. The Kier molecular flexibility index (Phi) is 4.08. The van der Waals surface area contributed by atoms with Crippen LogP contribution in [0.25, 0.3) is 11.0 Å². The third kappa shape index (κ3) is 2.82. The van der Waals surface area contributed by atoms with Crippen LogP contribution in [0.3, 0.4) is 0 Å². The Balaban J connectivity index is 2.22. The van der Waals surface area contributed by atoms with Gasteiger partial charge in [-0.2, -0.15) is 0 Å². The molecule has 7 heteroatoms. The van der Waals surface area contributed by atoms with Crippen LogP contribution < -0.4 is 5.32 Å². The maximum absolute atomic E-state index is 13.5. The summed E-state index contributed by atoms with van der Waals surface area (Å²) in [5.74, 6) is -0.262. The van der Waals surface area contributed by atoms with Gasteiger partial charge in [-0.3, -0.25) is 0 Å². The molecule has 0 aliphatic heterocycles. The third-order valence-corrected chi connectivity index (χ3v) is 3.39. The van der Waals surface area contributed by atoms with Gasteiger partial charge >= 0.3 is 6.03 Å². The Morgan fingerprint density at radius 2 is 2.20 bits per heavy atom. The molecule has 2 aromatic rings. The van der Waals surface area contributed by atoms with Crippen LogP contribution in [-0.2, 0) is 6.54 Å². The van der Waals surface area contributed by atoms with Gasteiger partial charge in [0, 0.05) is 27.2 Å². The molecule has 5 nitrogen and oxygen atoms in total. The van der Waals surface area contributed by atoms with Gasteiger partial charge in [0.15, 0.2) is 4.77 Å². The van der Waals surface area contributed by atoms with E-state index in [1.165, 1.54) is 11.0 Å². The second kappa shape index (κ2) is 5.62. The minimum atomic E-state index is -0.262. The second-order valence-corrected chi connectivity index (χ2v) is 5.21. The molecule has 0 atom stereocenters. The molecule has 0 aliphatic rings. The zero-order valence-corrected chi connectivity index (χ0v) is 12.5. The quantitative estimate of drug-likeness (QED) is 0.855. The lowest BCUT2D eigenvalue weighted by Gasteiger charge is -2.12. The molecule has 0 saturated heterocycles. The number of carbonyl (C=O) groups is 1. The zero-order valence-electron chi connectivity index (χ0n) is 11.7. The highest BCUT2D eigenvalue weighted by Gasteiger charge is 2.08. The van der Waals surface area contributed by atoms with Crippen molar-refractivity contribution in [3.05, 3.63) is 28.3 Å². The number of hydrogen-bond acceptors (Lipinski definition) is 2. The lowest BCUT2D eigenvalue weighted by atomic mass is 10.2. The first-order valence-electron chi connectivity index (χ1n) is 6.24. The number of amides is 2. The summed E-state index contributed by atoms with van der Waals surface area (Å²) in [4.78, 5) is 15.9. The largest absolute Gasteiger partial charge is 0.336 e. The number of rotatable bonds is 3. The number of aryl methyl sites for hydroxylation is 1. The van der Waals surface area contributed by atoms with Gasteiger partial charge in [0.05, 0.1) is 11.0 Å². The van der Waals surface area contributed by atoms with Gasteiger partial charge in [0.25, 0.3) is 0 Å². The van der Waals surface area contributed by atoms with Crippen LogP contribution in [0.4, 0.5) is 9.18 Å². The van der Waals surface area contributed by atoms with E-state index < -0.39 is 0 Å². The first-order chi connectivity index (χ1) is 9.40. The van der Waals surface area contributed by atoms with Gasteiger partial charge < -0.3 is 19.8 Å². The third-order valence-electron chi connectivity index (χ3n) is 3.07. The summed E-state index contributed by atoms with van der Waals surface area (Å²) in [6.45, 7) is 2.70. The molecule has 0 bridgehead atoms. The van der Waals surface area contributed by atoms with E-state index in [2.05, 4.69) is 10.3 Å². The van der Waals surface area contributed by atoms with E-state index in [9.17, 15) is 9.18 Å². The highest BCUT2D eigenvalue weighted by atomic mass is 32.1. The van der Waals surface area contributed by atoms with Crippen molar-refractivity contribution < 1.29 is 9.18 Å². The van der Waals surface area contributed by atoms with Crippen molar-refractivity contribution in [1.29, 1.82) is 0 Å². The van der Waals surface area contributed by atoms with Gasteiger partial charge in [0.1, 0.15) is 5.82 Å². The maximum atomic E-state index is 13.5. The van der Waals surface area contributed by atoms with Crippen LogP contribution in [0.15, 0.2) is 12.1 Å². The fourth-order valence-electron chi connectivity index (χ4n) is 1.94. The Morgan fingerprint density at radius 3 is 2.85 bits per heavy atom. The highest BCUT2D eigenvalue weighted by molar-refractivity contribution is 7.71. The van der Waals surface area contributed by atoms with E-state index in [0.717, 1.165) is 5.52 Å². The molecular formula is C13H17FN4OS. The molecule has 2 rings (SSSR count). The first-order valence-corrected chi connectivity index (χ1v) is 6.65. The number of H-pyrrole nitrogens is 1. The zero-order chi connectivity index (χ0) is 14.9. The van der Waals surface area contributed by atoms with E-state index >= 15 is 0 Å². The van der Waals surface area contributed by atoms with Crippen LogP contribution >= 0.6 is 12.2 Å². The van der Waals surface area contributed by atoms with Gasteiger partial charge in [-0.05, 0) is 36.8 Å². The van der Waals surface area contributed by atoms with Gasteiger partial charge in [0.2, 0.25) is 0 Å². The fraction of sp³-hybridized carbons (Fsp3) is 0.385. The first kappa shape index (κ1) is 14.5. The molecule has 0 aliphatic carbocycles. The molecular weight excluding hydrogens is 279 g/mol. The van der Waals surface area contributed by atoms with Crippen LogP contribution in [0, 0.1) is 17.5 Å². The summed E-state index contributed by atoms with van der Waals surface area (Å²) in [5, 5.41) is 2.77. The van der Waals surface area contributed by atoms with Crippen LogP contribution in [0.2, 0.25) is 0 Å². The number of imidazole rings is 1. The van der Waals surface area contributed by atoms with Crippen molar-refractivity contribution in [1.82, 2.24) is 19.8 Å². The molecule has 0 radical (unpaired) electrons. The van der Waals surface area contributed by atoms with Gasteiger partial charge in [-0.1, -0.05) is 0 Å². The molecule has 0 unspecified atom stereocenters. The van der Waals surface area contributed by atoms with Crippen LogP contribution in [0.5, 0.6) is 0 Å². The average molecular weight is 296 g/mol. The Bertz CT molecular complexity index is 704. The average Bonchev–Trinajstić information content (AvgIpc) is 2.66. The van der Waals surface area contributed by atoms with Crippen molar-refractivity contribution in [2.45, 2.75) is 13.5 Å². The Morgan fingerprint density at radius 1 is 1.50 bits per heavy atom. The molecule has 2 amide bonds. The molecule has 1 aromatic heterocycles. The number of hydrogen-bond donors (Lipinski definition) is 2. The second-order valence-electron chi connectivity index (χ2n) is 4.83. The summed E-state index contributed by atoms with van der Waals surface area (Å²) < 4.78 is 15.9. The smallest absolute Gasteiger partial charge is 0.316 e. The number of urea groups is 1. The molecule has 0 fully saturated rings. The predicted octanol–water partition coefficient (Wildman–Crippen LogP) is 2.42. The highest BCUT2D eigenvalue weighted by Crippen LogP contribution is 2.18. The molecule has 0 saturated carbocycles. The SMILES string of the molecule is Cc1cc2c(cc1F)[nH]c(=S)n2CCNC(=O)N(C)C. The summed E-state index contributed by atoms with van der Waals surface area (Å²) in [6.07, 6.45) is 0. The fourth-order valence-corrected chi connectivity index (χ4v) is 2.24. The van der Waals surface area contributed by atoms with Crippen molar-refractivity contribution >= 4 is 29.3 Å². The van der Waals surface area contributed by atoms with Crippen molar-refractivity contribution in [2.75, 3.05) is 20.6 Å². The topological polar surface area (TPSA) is 53.1 Å². The van der Waals surface area contributed by atoms with E-state index in [0.29, 0.717) is 28.9 Å². The number of benzene rings is 1. The van der Waals surface area contributed by atoms with E-state index in [1.54, 1.807) is 27.1 Å². The molecule has 2 N–H and O–H groups in total. The predicted molar refractivity (Wildman–Crippen MR) is 78.9 cm³/mol. The number of aromatic amines is 1. The Labute approximate surface area is 121 Å². The van der Waals surface area contributed by atoms with Gasteiger partial charge in [-0.25, -0.2) is 9.18 Å². The van der Waals surface area contributed by atoms with Crippen LogP contribution in [0.1, 0.15) is 5.56 Å². The minimum Gasteiger partial charge on any atom is -0.336 e. The number of fused-ring (bicyclic) bond motifs is 1. The molecule has 1 heterocycles. The normalized spacial score (nSPS) is 10.8. The van der Waals surface area contributed by atoms with E-state index in [1.807, 2.05) is 4.57 Å². The standard InChI is InChI=1S/C13H17FN4OS/c1-8-6-11-10(7-9(8)14)16-13(20)18(11)5-4-15-12(19)17(2)3/h6-7H,4-5H2,1-3H3,(H,15,19)(H,16,20).